The Balaban J connectivity index is 1.27. The first-order valence-electron chi connectivity index (χ1n) is 33.9. The van der Waals surface area contributed by atoms with Crippen molar-refractivity contribution in [2.24, 2.45) is 22.9 Å². The summed E-state index contributed by atoms with van der Waals surface area (Å²) in [6.07, 6.45) is -2.66. The van der Waals surface area contributed by atoms with Crippen molar-refractivity contribution in [1.29, 1.82) is 5.41 Å². The summed E-state index contributed by atoms with van der Waals surface area (Å²) in [5.41, 5.74) is 23.3. The average Bonchev–Trinajstić information content (AvgIpc) is 1.30. The number of phenols is 2. The maximum absolute atomic E-state index is 15.8. The first-order chi connectivity index (χ1) is 50.0. The molecule has 22 N–H and O–H groups in total. The number of nitrogens with one attached hydrogen (secondary N) is 11. The molecule has 0 spiro atoms. The lowest BCUT2D eigenvalue weighted by Crippen LogP contribution is -2.72. The van der Waals surface area contributed by atoms with Gasteiger partial charge in [0, 0.05) is 55.9 Å². The molecule has 2 aliphatic rings. The maximum Gasteiger partial charge on any atom is 0.350 e. The zero-order chi connectivity index (χ0) is 76.2. The summed E-state index contributed by atoms with van der Waals surface area (Å²) in [7, 11) is 0. The number of H-pyrrole nitrogens is 1. The molecule has 6 aromatic rings. The molecule has 0 aliphatic carbocycles. The second-order valence-corrected chi connectivity index (χ2v) is 26.0. The standard InChI is InChI=1S/C72H87N17O16/c1-39-61(95)82-52(33-41-15-7-4-8-16-41)67(101)87-72(2,70(104)105)89(57(60(75)94)34-43-23-27-46(91)28-24-43)59(93)37-55(86-62(96)48(73)31-42-21-25-45(90)26-22-42)69(103)88-30-12-20-56(88)68(102)85-51(32-40-13-5-3-6-14-40)65(99)81-50(19-11-29-78-71(76)77)63(97)83-53(35-44-38-79-49-18-10-9-17-47(44)49)66(100)84-54(36-58(74)92)64(98)80-39/h3-10,13-18,21-28,38-39,48,50-57,79,90-91H,11-12,19-20,29-37,73H2,1-2H3,(H2,74,92)(H2,75,94)(H,80,98)(H,81,99)(H,82,95)(H,83,97)(H,84,100)(H,85,102)(H,86,96)(H,87,101)(H,104,105)(H4,76,77,78)/t39-,48-,50-,51+,52-,53-,54-,55-,56-,57-,72?/m0/s1. The van der Waals surface area contributed by atoms with Crippen molar-refractivity contribution >= 4 is 93.7 Å². The Morgan fingerprint density at radius 1 is 0.619 bits per heavy atom. The number of fused-ring (bicyclic) bond motifs is 2. The van der Waals surface area contributed by atoms with E-state index in [1.54, 1.807) is 91.1 Å². The number of hydrogen-bond acceptors (Lipinski definition) is 17. The molecule has 2 fully saturated rings. The van der Waals surface area contributed by atoms with Crippen LogP contribution in [0.5, 0.6) is 11.5 Å². The van der Waals surface area contributed by atoms with Gasteiger partial charge in [-0.3, -0.25) is 67.8 Å². The van der Waals surface area contributed by atoms with Crippen LogP contribution < -0.4 is 70.8 Å². The van der Waals surface area contributed by atoms with E-state index in [0.29, 0.717) is 38.1 Å². The molecule has 11 atom stereocenters. The van der Waals surface area contributed by atoms with E-state index in [1.807, 2.05) is 0 Å². The molecule has 105 heavy (non-hydrogen) atoms. The SMILES string of the molecule is C[C@@H]1NC(=O)[C@H](CC(N)=O)NC(=O)[C@H](Cc2c[nH]c3ccccc23)NC(=O)[C@H](CCCNC(=N)N)NC(=O)[C@@H](Cc2ccccc2)NC(=O)[C@@H]2CCCN2C(=O)[C@@H](NC(=O)[C@@H](N)Cc2ccc(O)cc2)CC(=O)N([C@@H](Cc2ccc(O)cc2)C(N)=O)C(C)(C(=O)O)NC(=O)[C@H](Cc2ccccc2)NC1=O. The van der Waals surface area contributed by atoms with Gasteiger partial charge in [-0.15, -0.1) is 0 Å². The Kier molecular flexibility index (Phi) is 26.8. The first-order valence-corrected chi connectivity index (χ1v) is 33.9. The number of nitrogens with two attached hydrogens (primary N) is 4. The lowest BCUT2D eigenvalue weighted by Gasteiger charge is -2.43. The molecule has 33 heteroatoms. The van der Waals surface area contributed by atoms with Gasteiger partial charge in [0.2, 0.25) is 76.5 Å². The highest BCUT2D eigenvalue weighted by Gasteiger charge is 2.51. The minimum atomic E-state index is -3.15. The smallest absolute Gasteiger partial charge is 0.350 e. The van der Waals surface area contributed by atoms with Crippen molar-refractivity contribution in [3.05, 3.63) is 167 Å². The summed E-state index contributed by atoms with van der Waals surface area (Å²) in [4.78, 5) is 196. The van der Waals surface area contributed by atoms with Gasteiger partial charge in [-0.25, -0.2) is 4.79 Å². The molecule has 1 aromatic heterocycles. The third kappa shape index (κ3) is 21.3. The van der Waals surface area contributed by atoms with Crippen LogP contribution in [0.2, 0.25) is 0 Å². The molecule has 12 amide bonds. The molecular weight excluding hydrogens is 1360 g/mol. The molecule has 3 heterocycles. The number of para-hydroxylation sites is 1. The molecule has 2 aliphatic heterocycles. The number of amides is 12. The molecule has 1 unspecified atom stereocenters. The highest BCUT2D eigenvalue weighted by molar-refractivity contribution is 6.02. The van der Waals surface area contributed by atoms with Crippen LogP contribution in [0.1, 0.15) is 80.2 Å². The second-order valence-electron chi connectivity index (χ2n) is 26.0. The van der Waals surface area contributed by atoms with Crippen LogP contribution in [-0.2, 0) is 94.4 Å². The van der Waals surface area contributed by atoms with Crippen molar-refractivity contribution < 1.29 is 77.6 Å². The van der Waals surface area contributed by atoms with E-state index in [-0.39, 0.29) is 75.1 Å². The van der Waals surface area contributed by atoms with Gasteiger partial charge < -0.3 is 96.0 Å². The molecular formula is C72H87N17O16. The first kappa shape index (κ1) is 78.3. The van der Waals surface area contributed by atoms with Gasteiger partial charge in [-0.2, -0.15) is 0 Å². The van der Waals surface area contributed by atoms with E-state index >= 15 is 28.8 Å². The van der Waals surface area contributed by atoms with E-state index < -0.39 is 175 Å². The number of aliphatic carboxylic acids is 1. The zero-order valence-electron chi connectivity index (χ0n) is 57.6. The number of carboxylic acid groups (broad SMARTS) is 1. The van der Waals surface area contributed by atoms with Crippen LogP contribution in [0.15, 0.2) is 140 Å². The normalized spacial score (nSPS) is 22.7. The van der Waals surface area contributed by atoms with E-state index in [9.17, 15) is 48.9 Å². The van der Waals surface area contributed by atoms with Crippen LogP contribution in [0.25, 0.3) is 10.9 Å². The van der Waals surface area contributed by atoms with Gasteiger partial charge in [0.25, 0.3) is 0 Å². The monoisotopic (exact) mass is 1450 g/mol. The third-order valence-corrected chi connectivity index (χ3v) is 18.1. The van der Waals surface area contributed by atoms with E-state index in [4.69, 9.17) is 28.3 Å². The summed E-state index contributed by atoms with van der Waals surface area (Å²) < 4.78 is 0. The topological polar surface area (TPSA) is 541 Å². The number of guanidine groups is 1. The van der Waals surface area contributed by atoms with Crippen molar-refractivity contribution in [2.75, 3.05) is 13.1 Å². The highest BCUT2D eigenvalue weighted by Crippen LogP contribution is 2.27. The van der Waals surface area contributed by atoms with Crippen LogP contribution in [0, 0.1) is 5.41 Å². The third-order valence-electron chi connectivity index (χ3n) is 18.1. The Bertz CT molecular complexity index is 4180. The van der Waals surface area contributed by atoms with Crippen molar-refractivity contribution in [1.82, 2.24) is 62.6 Å². The van der Waals surface area contributed by atoms with E-state index in [2.05, 4.69) is 52.8 Å². The molecule has 0 bridgehead atoms. The fourth-order valence-corrected chi connectivity index (χ4v) is 12.5. The average molecular weight is 1450 g/mol. The van der Waals surface area contributed by atoms with Crippen molar-refractivity contribution in [3.8, 4) is 11.5 Å². The summed E-state index contributed by atoms with van der Waals surface area (Å²) in [6, 6.07) is 16.3. The van der Waals surface area contributed by atoms with Crippen molar-refractivity contribution in [3.63, 3.8) is 0 Å². The number of aromatic amines is 1. The lowest BCUT2D eigenvalue weighted by atomic mass is 9.97. The number of phenolic OH excluding ortho intramolecular Hbond substituents is 2. The Labute approximate surface area is 602 Å². The highest BCUT2D eigenvalue weighted by atomic mass is 16.4. The minimum Gasteiger partial charge on any atom is -0.508 e. The summed E-state index contributed by atoms with van der Waals surface area (Å²) in [6.45, 7) is 1.72. The second kappa shape index (κ2) is 35.9. The summed E-state index contributed by atoms with van der Waals surface area (Å²) in [5, 5.41) is 63.1. The maximum atomic E-state index is 15.8. The lowest BCUT2D eigenvalue weighted by molar-refractivity contribution is -0.168. The Morgan fingerprint density at radius 3 is 1.71 bits per heavy atom. The molecule has 2 saturated heterocycles. The number of aromatic nitrogens is 1. The van der Waals surface area contributed by atoms with Crippen molar-refractivity contribution in [2.45, 2.75) is 151 Å². The fourth-order valence-electron chi connectivity index (χ4n) is 12.5. The van der Waals surface area contributed by atoms with Gasteiger partial charge in [0.05, 0.1) is 18.9 Å². The van der Waals surface area contributed by atoms with Gasteiger partial charge in [0.15, 0.2) is 5.96 Å². The van der Waals surface area contributed by atoms with Gasteiger partial charge in [0.1, 0.15) is 65.9 Å². The number of aromatic hydroxyl groups is 2. The van der Waals surface area contributed by atoms with Gasteiger partial charge >= 0.3 is 5.97 Å². The number of hydrogen-bond donors (Lipinski definition) is 18. The van der Waals surface area contributed by atoms with Gasteiger partial charge in [-0.05, 0) is 104 Å². The zero-order valence-corrected chi connectivity index (χ0v) is 57.6. The number of carbonyl (C=O) groups excluding carboxylic acids is 12. The van der Waals surface area contributed by atoms with E-state index in [0.717, 1.165) is 18.7 Å². The number of carbonyl (C=O) groups is 13. The summed E-state index contributed by atoms with van der Waals surface area (Å²) in [5.74, 6) is -16.7. The number of benzene rings is 5. The molecule has 5 aromatic carbocycles. The quantitative estimate of drug-likeness (QED) is 0.0210. The number of rotatable bonds is 21. The van der Waals surface area contributed by atoms with E-state index in [1.165, 1.54) is 48.5 Å². The van der Waals surface area contributed by atoms with Crippen LogP contribution >= 0.6 is 0 Å². The van der Waals surface area contributed by atoms with Crippen LogP contribution in [0.3, 0.4) is 0 Å². The molecule has 0 radical (unpaired) electrons. The predicted octanol–water partition coefficient (Wildman–Crippen LogP) is -2.03. The molecule has 556 valence electrons. The number of primary amides is 2. The predicted molar refractivity (Wildman–Crippen MR) is 379 cm³/mol. The van der Waals surface area contributed by atoms with Gasteiger partial charge in [-0.1, -0.05) is 103 Å². The number of carboxylic acids is 1. The minimum absolute atomic E-state index is 0.00890. The van der Waals surface area contributed by atoms with Crippen LogP contribution in [0.4, 0.5) is 0 Å². The summed E-state index contributed by atoms with van der Waals surface area (Å²) >= 11 is 0. The largest absolute Gasteiger partial charge is 0.508 e. The van der Waals surface area contributed by atoms with Crippen LogP contribution in [-0.4, -0.2) is 192 Å². The number of nitrogens with zero attached hydrogens (tertiary/aromatic N) is 2. The molecule has 8 rings (SSSR count). The molecule has 0 saturated carbocycles. The Morgan fingerprint density at radius 2 is 1.13 bits per heavy atom. The Hall–Kier alpha value is -12.4. The fraction of sp³-hybridized carbons (Fsp3) is 0.361. The molecule has 33 nitrogen and oxygen atoms in total.